The van der Waals surface area contributed by atoms with E-state index in [0.717, 1.165) is 31.7 Å². The topological polar surface area (TPSA) is 61.8 Å². The van der Waals surface area contributed by atoms with Gasteiger partial charge in [-0.15, -0.1) is 0 Å². The van der Waals surface area contributed by atoms with Gasteiger partial charge in [-0.2, -0.15) is 0 Å². The fraction of sp³-hybridized carbons (Fsp3) is 0.562. The summed E-state index contributed by atoms with van der Waals surface area (Å²) in [6, 6.07) is 7.88. The van der Waals surface area contributed by atoms with Crippen molar-refractivity contribution in [1.29, 1.82) is 0 Å². The molecule has 0 saturated carbocycles. The van der Waals surface area contributed by atoms with Crippen molar-refractivity contribution in [3.05, 3.63) is 29.8 Å². The first-order valence-corrected chi connectivity index (χ1v) is 7.44. The summed E-state index contributed by atoms with van der Waals surface area (Å²) in [5.74, 6) is 1.23. The van der Waals surface area contributed by atoms with E-state index in [1.807, 2.05) is 24.3 Å². The lowest BCUT2D eigenvalue weighted by molar-refractivity contribution is -0.122. The number of carbonyl (C=O) groups excluding carboxylic acids is 1. The second-order valence-electron chi connectivity index (χ2n) is 5.52. The van der Waals surface area contributed by atoms with Crippen molar-refractivity contribution in [2.75, 3.05) is 39.9 Å². The quantitative estimate of drug-likeness (QED) is 0.775. The molecule has 2 rings (SSSR count). The molecule has 1 saturated heterocycles. The maximum absolute atomic E-state index is 11.8. The van der Waals surface area contributed by atoms with E-state index in [1.165, 1.54) is 5.56 Å². The lowest BCUT2D eigenvalue weighted by atomic mass is 10.1. The Kier molecular flexibility index (Phi) is 6.02. The molecule has 2 N–H and O–H groups in total. The van der Waals surface area contributed by atoms with Gasteiger partial charge >= 0.3 is 0 Å². The third-order valence-electron chi connectivity index (χ3n) is 3.89. The van der Waals surface area contributed by atoms with Gasteiger partial charge in [-0.3, -0.25) is 9.69 Å². The van der Waals surface area contributed by atoms with Crippen LogP contribution in [0.1, 0.15) is 12.0 Å². The first-order valence-electron chi connectivity index (χ1n) is 7.44. The van der Waals surface area contributed by atoms with Gasteiger partial charge in [0.15, 0.2) is 0 Å². The highest BCUT2D eigenvalue weighted by Crippen LogP contribution is 2.14. The zero-order chi connectivity index (χ0) is 15.1. The molecule has 0 radical (unpaired) electrons. The number of hydrogen-bond donors (Lipinski definition) is 2. The Morgan fingerprint density at radius 3 is 2.81 bits per heavy atom. The highest BCUT2D eigenvalue weighted by molar-refractivity contribution is 5.78. The summed E-state index contributed by atoms with van der Waals surface area (Å²) in [6.07, 6.45) is 1.80. The number of methoxy groups -OCH3 is 1. The molecule has 1 unspecified atom stereocenters. The number of nitrogens with one attached hydrogen (secondary N) is 1. The number of carbonyl (C=O) groups is 1. The number of ether oxygens (including phenoxy) is 1. The van der Waals surface area contributed by atoms with E-state index in [4.69, 9.17) is 9.84 Å². The second kappa shape index (κ2) is 8.00. The molecule has 1 aromatic rings. The van der Waals surface area contributed by atoms with E-state index >= 15 is 0 Å². The summed E-state index contributed by atoms with van der Waals surface area (Å²) in [5.41, 5.74) is 1.18. The molecule has 0 bridgehead atoms. The number of nitrogens with zero attached hydrogens (tertiary/aromatic N) is 1. The monoisotopic (exact) mass is 292 g/mol. The standard InChI is InChI=1S/C16H24N2O3/c1-21-15-4-2-13(3-5-15)6-8-17-16(20)11-18-9-7-14(10-18)12-19/h2-5,14,19H,6-12H2,1H3,(H,17,20). The maximum Gasteiger partial charge on any atom is 0.234 e. The molecule has 1 fully saturated rings. The van der Waals surface area contributed by atoms with E-state index in [0.29, 0.717) is 19.0 Å². The minimum atomic E-state index is 0.0575. The molecular weight excluding hydrogens is 268 g/mol. The molecule has 5 heteroatoms. The van der Waals surface area contributed by atoms with Gasteiger partial charge in [-0.25, -0.2) is 0 Å². The fourth-order valence-corrected chi connectivity index (χ4v) is 2.60. The zero-order valence-corrected chi connectivity index (χ0v) is 12.5. The molecule has 21 heavy (non-hydrogen) atoms. The summed E-state index contributed by atoms with van der Waals surface area (Å²) in [4.78, 5) is 14.0. The van der Waals surface area contributed by atoms with Crippen molar-refractivity contribution < 1.29 is 14.6 Å². The van der Waals surface area contributed by atoms with E-state index in [1.54, 1.807) is 7.11 Å². The molecule has 0 aliphatic carbocycles. The predicted molar refractivity (Wildman–Crippen MR) is 81.3 cm³/mol. The van der Waals surface area contributed by atoms with Crippen LogP contribution in [0.15, 0.2) is 24.3 Å². The van der Waals surface area contributed by atoms with E-state index < -0.39 is 0 Å². The van der Waals surface area contributed by atoms with Gasteiger partial charge in [-0.05, 0) is 43.0 Å². The number of amides is 1. The third kappa shape index (κ3) is 5.02. The van der Waals surface area contributed by atoms with Crippen molar-refractivity contribution in [3.8, 4) is 5.75 Å². The van der Waals surface area contributed by atoms with Gasteiger partial charge in [0.05, 0.1) is 13.7 Å². The number of rotatable bonds is 7. The summed E-state index contributed by atoms with van der Waals surface area (Å²) >= 11 is 0. The molecule has 1 aliphatic rings. The number of aliphatic hydroxyl groups is 1. The largest absolute Gasteiger partial charge is 0.497 e. The van der Waals surface area contributed by atoms with Crippen LogP contribution in [0.2, 0.25) is 0 Å². The summed E-state index contributed by atoms with van der Waals surface area (Å²) in [6.45, 7) is 3.01. The SMILES string of the molecule is COc1ccc(CCNC(=O)CN2CCC(CO)C2)cc1. The molecule has 1 aromatic carbocycles. The van der Waals surface area contributed by atoms with Crippen LogP contribution in [-0.2, 0) is 11.2 Å². The number of likely N-dealkylation sites (tertiary alicyclic amines) is 1. The van der Waals surface area contributed by atoms with Crippen LogP contribution in [0.5, 0.6) is 5.75 Å². The number of aliphatic hydroxyl groups excluding tert-OH is 1. The highest BCUT2D eigenvalue weighted by atomic mass is 16.5. The molecule has 1 atom stereocenters. The Bertz CT molecular complexity index is 447. The van der Waals surface area contributed by atoms with Crippen LogP contribution in [-0.4, -0.2) is 55.8 Å². The van der Waals surface area contributed by atoms with Crippen LogP contribution in [0.3, 0.4) is 0 Å². The fourth-order valence-electron chi connectivity index (χ4n) is 2.60. The Labute approximate surface area is 125 Å². The Morgan fingerprint density at radius 1 is 1.43 bits per heavy atom. The van der Waals surface area contributed by atoms with Crippen molar-refractivity contribution in [1.82, 2.24) is 10.2 Å². The van der Waals surface area contributed by atoms with Crippen LogP contribution in [0.25, 0.3) is 0 Å². The van der Waals surface area contributed by atoms with Crippen LogP contribution in [0.4, 0.5) is 0 Å². The Balaban J connectivity index is 1.64. The molecule has 5 nitrogen and oxygen atoms in total. The number of benzene rings is 1. The summed E-state index contributed by atoms with van der Waals surface area (Å²) in [7, 11) is 1.65. The second-order valence-corrected chi connectivity index (χ2v) is 5.52. The van der Waals surface area contributed by atoms with Gasteiger partial charge in [0.25, 0.3) is 0 Å². The normalized spacial score (nSPS) is 18.7. The van der Waals surface area contributed by atoms with Crippen molar-refractivity contribution >= 4 is 5.91 Å². The minimum absolute atomic E-state index is 0.0575. The van der Waals surface area contributed by atoms with E-state index in [9.17, 15) is 4.79 Å². The van der Waals surface area contributed by atoms with Crippen LogP contribution < -0.4 is 10.1 Å². The molecule has 1 heterocycles. The van der Waals surface area contributed by atoms with Gasteiger partial charge in [0, 0.05) is 19.7 Å². The number of hydrogen-bond acceptors (Lipinski definition) is 4. The van der Waals surface area contributed by atoms with Gasteiger partial charge in [0.1, 0.15) is 5.75 Å². The maximum atomic E-state index is 11.8. The average Bonchev–Trinajstić information content (AvgIpc) is 2.95. The molecule has 116 valence electrons. The van der Waals surface area contributed by atoms with Gasteiger partial charge in [0.2, 0.25) is 5.91 Å². The average molecular weight is 292 g/mol. The molecule has 0 aromatic heterocycles. The van der Waals surface area contributed by atoms with Gasteiger partial charge in [-0.1, -0.05) is 12.1 Å². The lowest BCUT2D eigenvalue weighted by Gasteiger charge is -2.15. The summed E-state index contributed by atoms with van der Waals surface area (Å²) in [5, 5.41) is 12.0. The van der Waals surface area contributed by atoms with Crippen molar-refractivity contribution in [2.24, 2.45) is 5.92 Å². The molecule has 0 spiro atoms. The minimum Gasteiger partial charge on any atom is -0.497 e. The predicted octanol–water partition coefficient (Wildman–Crippen LogP) is 0.668. The third-order valence-corrected chi connectivity index (χ3v) is 3.89. The molecular formula is C16H24N2O3. The molecule has 1 aliphatic heterocycles. The van der Waals surface area contributed by atoms with Crippen molar-refractivity contribution in [3.63, 3.8) is 0 Å². The molecule has 1 amide bonds. The highest BCUT2D eigenvalue weighted by Gasteiger charge is 2.22. The Hall–Kier alpha value is -1.59. The lowest BCUT2D eigenvalue weighted by Crippen LogP contribution is -2.37. The van der Waals surface area contributed by atoms with E-state index in [2.05, 4.69) is 10.2 Å². The zero-order valence-electron chi connectivity index (χ0n) is 12.5. The smallest absolute Gasteiger partial charge is 0.234 e. The van der Waals surface area contributed by atoms with E-state index in [-0.39, 0.29) is 12.5 Å². The van der Waals surface area contributed by atoms with Crippen molar-refractivity contribution in [2.45, 2.75) is 12.8 Å². The summed E-state index contributed by atoms with van der Waals surface area (Å²) < 4.78 is 5.11. The first kappa shape index (κ1) is 15.8. The van der Waals surface area contributed by atoms with Crippen LogP contribution in [0, 0.1) is 5.92 Å². The van der Waals surface area contributed by atoms with Crippen LogP contribution >= 0.6 is 0 Å². The Morgan fingerprint density at radius 2 is 2.19 bits per heavy atom. The van der Waals surface area contributed by atoms with Gasteiger partial charge < -0.3 is 15.2 Å². The first-order chi connectivity index (χ1) is 10.2.